The molecule has 0 amide bonds. The molecule has 0 aliphatic rings. The van der Waals surface area contributed by atoms with Crippen molar-refractivity contribution in [2.45, 2.75) is 25.0 Å². The van der Waals surface area contributed by atoms with Crippen LogP contribution >= 0.6 is 0 Å². The Kier molecular flexibility index (Phi) is 8.27. The number of rotatable bonds is 8. The van der Waals surface area contributed by atoms with E-state index in [1.165, 1.54) is 0 Å². The summed E-state index contributed by atoms with van der Waals surface area (Å²) < 4.78 is 5.03. The molecule has 0 aromatic heterocycles. The number of aliphatic hydroxyl groups is 2. The molecular weight excluding hydrogens is 172 g/mol. The Bertz CT molecular complexity index is 114. The molecule has 0 fully saturated rings. The van der Waals surface area contributed by atoms with E-state index in [2.05, 4.69) is 0 Å². The number of ether oxygens (including phenoxy) is 1. The second-order valence-corrected chi connectivity index (χ2v) is 3.04. The smallest absolute Gasteiger partial charge is 0.0774 e. The minimum atomic E-state index is -0.510. The van der Waals surface area contributed by atoms with Crippen molar-refractivity contribution in [1.29, 1.82) is 0 Å². The van der Waals surface area contributed by atoms with Gasteiger partial charge in [0, 0.05) is 12.6 Å². The quantitative estimate of drug-likeness (QED) is 0.348. The lowest BCUT2D eigenvalue weighted by atomic mass is 10.1. The van der Waals surface area contributed by atoms with Crippen LogP contribution in [0.5, 0.6) is 0 Å². The molecule has 13 heavy (non-hydrogen) atoms. The standard InChI is InChI=1S/C8H20N2O3/c9-3-4-13-6-8(12)2-1-7(10)5-11/h7-8,11-12H,1-6,9-10H2. The Morgan fingerprint density at radius 3 is 2.54 bits per heavy atom. The van der Waals surface area contributed by atoms with Gasteiger partial charge in [-0.05, 0) is 12.8 Å². The van der Waals surface area contributed by atoms with E-state index >= 15 is 0 Å². The summed E-state index contributed by atoms with van der Waals surface area (Å²) in [5.74, 6) is 0. The first kappa shape index (κ1) is 12.8. The van der Waals surface area contributed by atoms with Gasteiger partial charge in [-0.2, -0.15) is 0 Å². The summed E-state index contributed by atoms with van der Waals surface area (Å²) in [5.41, 5.74) is 10.7. The Labute approximate surface area is 78.7 Å². The summed E-state index contributed by atoms with van der Waals surface area (Å²) in [6, 6.07) is -0.246. The van der Waals surface area contributed by atoms with Crippen LogP contribution in [0.1, 0.15) is 12.8 Å². The van der Waals surface area contributed by atoms with Gasteiger partial charge < -0.3 is 26.4 Å². The Hall–Kier alpha value is -0.200. The third kappa shape index (κ3) is 8.14. The normalized spacial score (nSPS) is 15.7. The van der Waals surface area contributed by atoms with Crippen molar-refractivity contribution in [1.82, 2.24) is 0 Å². The van der Waals surface area contributed by atoms with Gasteiger partial charge in [-0.3, -0.25) is 0 Å². The van der Waals surface area contributed by atoms with Gasteiger partial charge in [0.15, 0.2) is 0 Å². The number of hydrogen-bond donors (Lipinski definition) is 4. The fraction of sp³-hybridized carbons (Fsp3) is 1.00. The molecule has 2 unspecified atom stereocenters. The van der Waals surface area contributed by atoms with Crippen molar-refractivity contribution in [3.05, 3.63) is 0 Å². The van der Waals surface area contributed by atoms with Crippen LogP contribution in [-0.2, 0) is 4.74 Å². The third-order valence-electron chi connectivity index (χ3n) is 1.68. The van der Waals surface area contributed by atoms with Gasteiger partial charge in [0.1, 0.15) is 0 Å². The highest BCUT2D eigenvalue weighted by atomic mass is 16.5. The molecule has 0 heterocycles. The predicted molar refractivity (Wildman–Crippen MR) is 50.2 cm³/mol. The lowest BCUT2D eigenvalue weighted by molar-refractivity contribution is 0.0331. The largest absolute Gasteiger partial charge is 0.395 e. The minimum Gasteiger partial charge on any atom is -0.395 e. The fourth-order valence-corrected chi connectivity index (χ4v) is 0.884. The summed E-state index contributed by atoms with van der Waals surface area (Å²) in [4.78, 5) is 0. The van der Waals surface area contributed by atoms with Gasteiger partial charge in [-0.25, -0.2) is 0 Å². The van der Waals surface area contributed by atoms with Crippen molar-refractivity contribution in [2.75, 3.05) is 26.4 Å². The zero-order chi connectivity index (χ0) is 10.1. The maximum absolute atomic E-state index is 9.32. The molecule has 0 aromatic rings. The molecule has 80 valence electrons. The highest BCUT2D eigenvalue weighted by Crippen LogP contribution is 2.00. The van der Waals surface area contributed by atoms with Gasteiger partial charge in [-0.1, -0.05) is 0 Å². The molecule has 0 saturated carbocycles. The van der Waals surface area contributed by atoms with E-state index in [-0.39, 0.29) is 19.3 Å². The molecular formula is C8H20N2O3. The van der Waals surface area contributed by atoms with Crippen molar-refractivity contribution >= 4 is 0 Å². The SMILES string of the molecule is NCCOCC(O)CCC(N)CO. The lowest BCUT2D eigenvalue weighted by Crippen LogP contribution is -2.27. The van der Waals surface area contributed by atoms with E-state index in [4.69, 9.17) is 21.3 Å². The molecule has 0 radical (unpaired) electrons. The monoisotopic (exact) mass is 192 g/mol. The van der Waals surface area contributed by atoms with Gasteiger partial charge in [-0.15, -0.1) is 0 Å². The van der Waals surface area contributed by atoms with E-state index in [1.54, 1.807) is 0 Å². The van der Waals surface area contributed by atoms with Crippen LogP contribution in [0.15, 0.2) is 0 Å². The Morgan fingerprint density at radius 1 is 1.31 bits per heavy atom. The van der Waals surface area contributed by atoms with Crippen molar-refractivity contribution in [3.8, 4) is 0 Å². The molecule has 0 aliphatic carbocycles. The first-order valence-electron chi connectivity index (χ1n) is 4.53. The molecule has 0 aromatic carbocycles. The minimum absolute atomic E-state index is 0.0453. The van der Waals surface area contributed by atoms with Crippen LogP contribution in [0.2, 0.25) is 0 Å². The summed E-state index contributed by atoms with van der Waals surface area (Å²) in [6.07, 6.45) is 0.639. The first-order valence-corrected chi connectivity index (χ1v) is 4.53. The van der Waals surface area contributed by atoms with E-state index in [9.17, 15) is 5.11 Å². The van der Waals surface area contributed by atoms with Crippen LogP contribution in [0.25, 0.3) is 0 Å². The van der Waals surface area contributed by atoms with E-state index < -0.39 is 6.10 Å². The number of nitrogens with two attached hydrogens (primary N) is 2. The lowest BCUT2D eigenvalue weighted by Gasteiger charge is -2.13. The van der Waals surface area contributed by atoms with Gasteiger partial charge in [0.25, 0.3) is 0 Å². The van der Waals surface area contributed by atoms with Crippen LogP contribution in [0, 0.1) is 0 Å². The van der Waals surface area contributed by atoms with Gasteiger partial charge in [0.2, 0.25) is 0 Å². The average Bonchev–Trinajstić information content (AvgIpc) is 2.14. The molecule has 5 nitrogen and oxygen atoms in total. The summed E-state index contributed by atoms with van der Waals surface area (Å²) >= 11 is 0. The van der Waals surface area contributed by atoms with Gasteiger partial charge >= 0.3 is 0 Å². The molecule has 0 rings (SSSR count). The molecule has 0 spiro atoms. The summed E-state index contributed by atoms with van der Waals surface area (Å²) in [7, 11) is 0. The highest BCUT2D eigenvalue weighted by Gasteiger charge is 2.07. The van der Waals surface area contributed by atoms with Crippen LogP contribution < -0.4 is 11.5 Å². The fourth-order valence-electron chi connectivity index (χ4n) is 0.884. The summed E-state index contributed by atoms with van der Waals surface area (Å²) in [5, 5.41) is 17.9. The van der Waals surface area contributed by atoms with E-state index in [1.807, 2.05) is 0 Å². The Morgan fingerprint density at radius 2 is 2.00 bits per heavy atom. The van der Waals surface area contributed by atoms with Crippen LogP contribution in [0.4, 0.5) is 0 Å². The molecule has 0 saturated heterocycles. The van der Waals surface area contributed by atoms with Gasteiger partial charge in [0.05, 0.1) is 25.9 Å². The van der Waals surface area contributed by atoms with Crippen molar-refractivity contribution in [3.63, 3.8) is 0 Å². The number of hydrogen-bond acceptors (Lipinski definition) is 5. The van der Waals surface area contributed by atoms with E-state index in [0.29, 0.717) is 26.0 Å². The zero-order valence-electron chi connectivity index (χ0n) is 7.85. The maximum Gasteiger partial charge on any atom is 0.0774 e. The van der Waals surface area contributed by atoms with Crippen molar-refractivity contribution in [2.24, 2.45) is 11.5 Å². The second-order valence-electron chi connectivity index (χ2n) is 3.04. The summed E-state index contributed by atoms with van der Waals surface area (Å²) in [6.45, 7) is 1.16. The first-order chi connectivity index (χ1) is 6.20. The predicted octanol–water partition coefficient (Wildman–Crippen LogP) is -1.58. The number of aliphatic hydroxyl groups excluding tert-OH is 2. The van der Waals surface area contributed by atoms with Crippen LogP contribution in [-0.4, -0.2) is 48.7 Å². The van der Waals surface area contributed by atoms with E-state index in [0.717, 1.165) is 0 Å². The third-order valence-corrected chi connectivity index (χ3v) is 1.68. The van der Waals surface area contributed by atoms with Crippen molar-refractivity contribution < 1.29 is 14.9 Å². The second kappa shape index (κ2) is 8.40. The maximum atomic E-state index is 9.32. The topological polar surface area (TPSA) is 102 Å². The molecule has 0 aliphatic heterocycles. The zero-order valence-corrected chi connectivity index (χ0v) is 7.85. The molecule has 2 atom stereocenters. The average molecular weight is 192 g/mol. The Balaban J connectivity index is 3.24. The molecule has 6 N–H and O–H groups in total. The molecule has 5 heteroatoms. The van der Waals surface area contributed by atoms with Crippen LogP contribution in [0.3, 0.4) is 0 Å². The highest BCUT2D eigenvalue weighted by molar-refractivity contribution is 4.63. The molecule has 0 bridgehead atoms.